The SMILES string of the molecule is CC(=O)NCCc1ccccc1-c1onc(C2CNCCC2O)c1C(C)=O. The topological polar surface area (TPSA) is 104 Å². The van der Waals surface area contributed by atoms with Gasteiger partial charge in [0.1, 0.15) is 5.69 Å². The molecule has 7 nitrogen and oxygen atoms in total. The third-order valence-electron chi connectivity index (χ3n) is 4.90. The highest BCUT2D eigenvalue weighted by Crippen LogP contribution is 2.35. The van der Waals surface area contributed by atoms with Gasteiger partial charge in [-0.3, -0.25) is 9.59 Å². The van der Waals surface area contributed by atoms with Gasteiger partial charge in [-0.15, -0.1) is 0 Å². The molecule has 2 heterocycles. The number of aromatic nitrogens is 1. The Morgan fingerprint density at radius 2 is 2.11 bits per heavy atom. The van der Waals surface area contributed by atoms with Crippen molar-refractivity contribution >= 4 is 11.7 Å². The number of piperidine rings is 1. The first-order chi connectivity index (χ1) is 13.0. The standard InChI is InChI=1S/C20H25N3O4/c1-12(24)18-19(16-11-21-9-8-17(16)26)23-27-20(18)15-6-4-3-5-14(15)7-10-22-13(2)25/h3-6,16-17,21,26H,7-11H2,1-2H3,(H,22,25). The van der Waals surface area contributed by atoms with Crippen LogP contribution in [0.1, 0.15) is 47.8 Å². The highest BCUT2D eigenvalue weighted by molar-refractivity contribution is 6.01. The lowest BCUT2D eigenvalue weighted by Gasteiger charge is -2.27. The second kappa shape index (κ2) is 8.45. The maximum atomic E-state index is 12.4. The number of nitrogens with one attached hydrogen (secondary N) is 2. The summed E-state index contributed by atoms with van der Waals surface area (Å²) in [6.07, 6.45) is 0.658. The summed E-state index contributed by atoms with van der Waals surface area (Å²) in [6.45, 7) is 4.75. The third kappa shape index (κ3) is 4.26. The number of nitrogens with zero attached hydrogens (tertiary/aromatic N) is 1. The highest BCUT2D eigenvalue weighted by Gasteiger charge is 2.33. The molecule has 144 valence electrons. The summed E-state index contributed by atoms with van der Waals surface area (Å²) in [5, 5.41) is 20.5. The van der Waals surface area contributed by atoms with E-state index in [-0.39, 0.29) is 17.6 Å². The van der Waals surface area contributed by atoms with Crippen molar-refractivity contribution in [3.05, 3.63) is 41.1 Å². The monoisotopic (exact) mass is 371 g/mol. The predicted octanol–water partition coefficient (Wildman–Crippen LogP) is 1.66. The Labute approximate surface area is 158 Å². The zero-order chi connectivity index (χ0) is 19.4. The fourth-order valence-corrected chi connectivity index (χ4v) is 3.54. The van der Waals surface area contributed by atoms with Crippen molar-refractivity contribution in [2.24, 2.45) is 0 Å². The van der Waals surface area contributed by atoms with Crippen LogP contribution in [0.5, 0.6) is 0 Å². The van der Waals surface area contributed by atoms with Crippen LogP contribution in [-0.2, 0) is 11.2 Å². The average Bonchev–Trinajstić information content (AvgIpc) is 3.07. The summed E-state index contributed by atoms with van der Waals surface area (Å²) >= 11 is 0. The van der Waals surface area contributed by atoms with Gasteiger partial charge in [-0.1, -0.05) is 29.4 Å². The van der Waals surface area contributed by atoms with Crippen molar-refractivity contribution in [3.8, 4) is 11.3 Å². The van der Waals surface area contributed by atoms with Gasteiger partial charge in [0.05, 0.1) is 11.7 Å². The molecular weight excluding hydrogens is 346 g/mol. The molecule has 0 aliphatic carbocycles. The lowest BCUT2D eigenvalue weighted by molar-refractivity contribution is -0.118. The van der Waals surface area contributed by atoms with Crippen molar-refractivity contribution in [2.45, 2.75) is 38.7 Å². The number of benzene rings is 1. The van der Waals surface area contributed by atoms with Gasteiger partial charge in [0, 0.05) is 31.5 Å². The van der Waals surface area contributed by atoms with Gasteiger partial charge < -0.3 is 20.3 Å². The van der Waals surface area contributed by atoms with Crippen molar-refractivity contribution in [2.75, 3.05) is 19.6 Å². The Morgan fingerprint density at radius 3 is 2.81 bits per heavy atom. The number of aliphatic hydroxyl groups excluding tert-OH is 1. The summed E-state index contributed by atoms with van der Waals surface area (Å²) < 4.78 is 5.62. The Balaban J connectivity index is 1.98. The number of hydrogen-bond donors (Lipinski definition) is 3. The molecule has 3 N–H and O–H groups in total. The number of amides is 1. The maximum Gasteiger partial charge on any atom is 0.216 e. The molecule has 1 saturated heterocycles. The Morgan fingerprint density at radius 1 is 1.33 bits per heavy atom. The number of carbonyl (C=O) groups excluding carboxylic acids is 2. The summed E-state index contributed by atoms with van der Waals surface area (Å²) in [5.74, 6) is -0.0799. The fourth-order valence-electron chi connectivity index (χ4n) is 3.54. The molecule has 1 fully saturated rings. The molecule has 0 bridgehead atoms. The van der Waals surface area contributed by atoms with Crippen molar-refractivity contribution in [1.82, 2.24) is 15.8 Å². The summed E-state index contributed by atoms with van der Waals surface area (Å²) in [4.78, 5) is 23.6. The van der Waals surface area contributed by atoms with Crippen molar-refractivity contribution in [3.63, 3.8) is 0 Å². The highest BCUT2D eigenvalue weighted by atomic mass is 16.5. The number of aliphatic hydroxyl groups is 1. The second-order valence-corrected chi connectivity index (χ2v) is 6.88. The van der Waals surface area contributed by atoms with Crippen LogP contribution in [0.25, 0.3) is 11.3 Å². The van der Waals surface area contributed by atoms with Crippen LogP contribution in [0, 0.1) is 0 Å². The van der Waals surface area contributed by atoms with Crippen LogP contribution in [0.4, 0.5) is 0 Å². The van der Waals surface area contributed by atoms with Gasteiger partial charge >= 0.3 is 0 Å². The van der Waals surface area contributed by atoms with Gasteiger partial charge in [-0.25, -0.2) is 0 Å². The van der Waals surface area contributed by atoms with Crippen LogP contribution in [-0.4, -0.2) is 47.7 Å². The molecule has 1 aromatic carbocycles. The van der Waals surface area contributed by atoms with E-state index in [9.17, 15) is 14.7 Å². The molecule has 7 heteroatoms. The van der Waals surface area contributed by atoms with Gasteiger partial charge in [0.25, 0.3) is 0 Å². The van der Waals surface area contributed by atoms with Gasteiger partial charge in [0.15, 0.2) is 11.5 Å². The largest absolute Gasteiger partial charge is 0.392 e. The van der Waals surface area contributed by atoms with E-state index in [0.717, 1.165) is 17.7 Å². The summed E-state index contributed by atoms with van der Waals surface area (Å²) in [5.41, 5.74) is 2.67. The number of Topliss-reactive ketones (excluding diaryl/α,β-unsaturated/α-hetero) is 1. The molecule has 1 aliphatic rings. The zero-order valence-electron chi connectivity index (χ0n) is 15.6. The Bertz CT molecular complexity index is 830. The Hall–Kier alpha value is -2.51. The lowest BCUT2D eigenvalue weighted by Crippen LogP contribution is -2.39. The molecule has 0 spiro atoms. The summed E-state index contributed by atoms with van der Waals surface area (Å²) in [6, 6.07) is 7.61. The quantitative estimate of drug-likeness (QED) is 0.667. The molecule has 1 aromatic heterocycles. The number of ketones is 1. The molecular formula is C20H25N3O4. The van der Waals surface area contributed by atoms with Crippen LogP contribution in [0.3, 0.4) is 0 Å². The van der Waals surface area contributed by atoms with Gasteiger partial charge in [0.2, 0.25) is 5.91 Å². The molecule has 0 saturated carbocycles. The molecule has 1 aliphatic heterocycles. The first-order valence-corrected chi connectivity index (χ1v) is 9.21. The van der Waals surface area contributed by atoms with E-state index >= 15 is 0 Å². The molecule has 27 heavy (non-hydrogen) atoms. The number of hydrogen-bond acceptors (Lipinski definition) is 6. The molecule has 0 radical (unpaired) electrons. The first kappa shape index (κ1) is 19.3. The van der Waals surface area contributed by atoms with Crippen LogP contribution in [0.15, 0.2) is 28.8 Å². The Kier molecular flexibility index (Phi) is 6.03. The van der Waals surface area contributed by atoms with Crippen LogP contribution < -0.4 is 10.6 Å². The van der Waals surface area contributed by atoms with E-state index in [0.29, 0.717) is 42.9 Å². The first-order valence-electron chi connectivity index (χ1n) is 9.21. The van der Waals surface area contributed by atoms with Gasteiger partial charge in [-0.05, 0) is 31.9 Å². The fraction of sp³-hybridized carbons (Fsp3) is 0.450. The zero-order valence-corrected chi connectivity index (χ0v) is 15.6. The summed E-state index contributed by atoms with van der Waals surface area (Å²) in [7, 11) is 0. The number of carbonyl (C=O) groups is 2. The molecule has 3 rings (SSSR count). The van der Waals surface area contributed by atoms with E-state index in [1.165, 1.54) is 13.8 Å². The van der Waals surface area contributed by atoms with E-state index < -0.39 is 6.10 Å². The van der Waals surface area contributed by atoms with E-state index in [1.807, 2.05) is 24.3 Å². The van der Waals surface area contributed by atoms with Crippen LogP contribution >= 0.6 is 0 Å². The van der Waals surface area contributed by atoms with E-state index in [4.69, 9.17) is 4.52 Å². The normalized spacial score (nSPS) is 19.7. The minimum Gasteiger partial charge on any atom is -0.392 e. The number of rotatable bonds is 6. The molecule has 1 amide bonds. The molecule has 2 aromatic rings. The molecule has 2 unspecified atom stereocenters. The maximum absolute atomic E-state index is 12.4. The predicted molar refractivity (Wildman–Crippen MR) is 101 cm³/mol. The average molecular weight is 371 g/mol. The van der Waals surface area contributed by atoms with Crippen molar-refractivity contribution < 1.29 is 19.2 Å². The van der Waals surface area contributed by atoms with Gasteiger partial charge in [-0.2, -0.15) is 0 Å². The second-order valence-electron chi connectivity index (χ2n) is 6.88. The lowest BCUT2D eigenvalue weighted by atomic mass is 9.88. The third-order valence-corrected chi connectivity index (χ3v) is 4.90. The van der Waals surface area contributed by atoms with E-state index in [2.05, 4.69) is 15.8 Å². The van der Waals surface area contributed by atoms with Crippen LogP contribution in [0.2, 0.25) is 0 Å². The minimum absolute atomic E-state index is 0.0855. The molecule has 2 atom stereocenters. The van der Waals surface area contributed by atoms with Crippen molar-refractivity contribution in [1.29, 1.82) is 0 Å². The van der Waals surface area contributed by atoms with E-state index in [1.54, 1.807) is 0 Å². The minimum atomic E-state index is -0.558. The smallest absolute Gasteiger partial charge is 0.216 e.